The highest BCUT2D eigenvalue weighted by atomic mass is 16.3. The van der Waals surface area contributed by atoms with Gasteiger partial charge < -0.3 is 14.2 Å². The van der Waals surface area contributed by atoms with Gasteiger partial charge in [-0.05, 0) is 156 Å². The number of anilines is 6. The van der Waals surface area contributed by atoms with Gasteiger partial charge in [0.05, 0.1) is 5.41 Å². The van der Waals surface area contributed by atoms with Gasteiger partial charge in [-0.2, -0.15) is 0 Å². The van der Waals surface area contributed by atoms with Crippen LogP contribution in [0.4, 0.5) is 34.1 Å². The number of fused-ring (bicyclic) bond motifs is 15. The van der Waals surface area contributed by atoms with Gasteiger partial charge in [0, 0.05) is 51.0 Å². The van der Waals surface area contributed by atoms with Crippen LogP contribution in [0, 0.1) is 0 Å². The third-order valence-electron chi connectivity index (χ3n) is 15.7. The molecule has 2 aliphatic carbocycles. The number of benzene rings is 12. The van der Waals surface area contributed by atoms with E-state index >= 15 is 0 Å². The zero-order valence-corrected chi connectivity index (χ0v) is 40.4. The lowest BCUT2D eigenvalue weighted by atomic mass is 9.70. The maximum Gasteiger partial charge on any atom is 0.137 e. The molecule has 2 aliphatic rings. The molecule has 1 heterocycles. The Balaban J connectivity index is 0.760. The van der Waals surface area contributed by atoms with E-state index in [1.165, 1.54) is 72.0 Å². The number of rotatable bonds is 8. The van der Waals surface area contributed by atoms with E-state index in [1.807, 2.05) is 12.1 Å². The fourth-order valence-electron chi connectivity index (χ4n) is 12.4. The maximum atomic E-state index is 6.32. The molecule has 1 aromatic heterocycles. The van der Waals surface area contributed by atoms with Crippen LogP contribution in [0.25, 0.3) is 77.2 Å². The average molecular weight is 943 g/mol. The predicted molar refractivity (Wildman–Crippen MR) is 308 cm³/mol. The summed E-state index contributed by atoms with van der Waals surface area (Å²) in [6.45, 7) is 0. The molecule has 0 bridgehead atoms. The van der Waals surface area contributed by atoms with Gasteiger partial charge in [-0.1, -0.05) is 194 Å². The lowest BCUT2D eigenvalue weighted by molar-refractivity contribution is 0.669. The molecule has 0 fully saturated rings. The Hall–Kier alpha value is -9.70. The van der Waals surface area contributed by atoms with Gasteiger partial charge in [0.25, 0.3) is 0 Å². The summed E-state index contributed by atoms with van der Waals surface area (Å²) >= 11 is 0. The zero-order chi connectivity index (χ0) is 48.7. The summed E-state index contributed by atoms with van der Waals surface area (Å²) in [6.07, 6.45) is 0. The maximum absolute atomic E-state index is 6.32. The van der Waals surface area contributed by atoms with Crippen molar-refractivity contribution in [2.75, 3.05) is 9.80 Å². The molecule has 0 amide bonds. The van der Waals surface area contributed by atoms with E-state index in [0.717, 1.165) is 61.6 Å². The molecule has 3 heteroatoms. The molecule has 0 saturated heterocycles. The Morgan fingerprint density at radius 1 is 0.257 bits per heavy atom. The van der Waals surface area contributed by atoms with Crippen LogP contribution in [-0.4, -0.2) is 0 Å². The molecule has 0 aliphatic heterocycles. The van der Waals surface area contributed by atoms with Gasteiger partial charge in [-0.3, -0.25) is 0 Å². The quantitative estimate of drug-likeness (QED) is 0.151. The van der Waals surface area contributed by atoms with Crippen LogP contribution in [0.3, 0.4) is 0 Å². The highest BCUT2D eigenvalue weighted by Gasteiger charge is 2.52. The van der Waals surface area contributed by atoms with Crippen molar-refractivity contribution in [3.8, 4) is 44.5 Å². The van der Waals surface area contributed by atoms with Crippen LogP contribution in [0.2, 0.25) is 0 Å². The first-order valence-corrected chi connectivity index (χ1v) is 25.5. The van der Waals surface area contributed by atoms with Crippen molar-refractivity contribution in [2.24, 2.45) is 0 Å². The first kappa shape index (κ1) is 42.0. The topological polar surface area (TPSA) is 19.6 Å². The van der Waals surface area contributed by atoms with Crippen LogP contribution in [0.1, 0.15) is 22.3 Å². The molecule has 12 aromatic carbocycles. The average Bonchev–Trinajstić information content (AvgIpc) is 4.20. The van der Waals surface area contributed by atoms with Crippen LogP contribution in [0.5, 0.6) is 0 Å². The number of nitrogens with zero attached hydrogens (tertiary/aromatic N) is 2. The van der Waals surface area contributed by atoms with E-state index in [-0.39, 0.29) is 0 Å². The highest BCUT2D eigenvalue weighted by molar-refractivity contribution is 6.07. The summed E-state index contributed by atoms with van der Waals surface area (Å²) in [7, 11) is 0. The van der Waals surface area contributed by atoms with Crippen LogP contribution in [0.15, 0.2) is 283 Å². The third kappa shape index (κ3) is 6.40. The molecule has 1 atom stereocenters. The molecule has 13 aromatic rings. The Bertz CT molecular complexity index is 4290. The van der Waals surface area contributed by atoms with Gasteiger partial charge in [0.2, 0.25) is 0 Å². The van der Waals surface area contributed by atoms with Crippen molar-refractivity contribution in [2.45, 2.75) is 5.41 Å². The van der Waals surface area contributed by atoms with E-state index in [0.29, 0.717) is 0 Å². The molecule has 0 saturated carbocycles. The minimum absolute atomic E-state index is 0.465. The van der Waals surface area contributed by atoms with Crippen LogP contribution < -0.4 is 9.80 Å². The Kier molecular flexibility index (Phi) is 9.48. The molecular weight excluding hydrogens is 897 g/mol. The van der Waals surface area contributed by atoms with E-state index in [4.69, 9.17) is 4.42 Å². The van der Waals surface area contributed by atoms with E-state index in [1.54, 1.807) is 0 Å². The number of para-hydroxylation sites is 3. The second kappa shape index (κ2) is 16.7. The minimum atomic E-state index is -0.465. The van der Waals surface area contributed by atoms with Crippen LogP contribution >= 0.6 is 0 Å². The van der Waals surface area contributed by atoms with Gasteiger partial charge in [0.15, 0.2) is 0 Å². The lowest BCUT2D eigenvalue weighted by Gasteiger charge is -2.32. The first-order chi connectivity index (χ1) is 36.7. The standard InChI is InChI=1S/C71H46N2O/c1-3-16-52(17-4-1)72(56-40-42-60-59-21-9-12-24-64(59)71(67(60)45-56)65-25-13-10-23-63(65)70-58-20-8-7-15-51(58)35-44-66(70)71)54-36-31-49(32-37-54)47-27-29-48(30-28-47)50-33-38-55(39-34-50)73(53-18-5-2-6-19-53)57-41-43-62-61-22-11-14-26-68(61)74-69(62)46-57/h1-46H. The Morgan fingerprint density at radius 3 is 1.35 bits per heavy atom. The third-order valence-corrected chi connectivity index (χ3v) is 15.7. The Morgan fingerprint density at radius 2 is 0.703 bits per heavy atom. The highest BCUT2D eigenvalue weighted by Crippen LogP contribution is 2.64. The summed E-state index contributed by atoms with van der Waals surface area (Å²) in [5.41, 5.74) is 23.1. The zero-order valence-electron chi connectivity index (χ0n) is 40.4. The number of furan rings is 1. The van der Waals surface area contributed by atoms with E-state index in [2.05, 4.69) is 277 Å². The summed E-state index contributed by atoms with van der Waals surface area (Å²) in [6, 6.07) is 102. The minimum Gasteiger partial charge on any atom is -0.456 e. The Labute approximate surface area is 430 Å². The lowest BCUT2D eigenvalue weighted by Crippen LogP contribution is -2.26. The first-order valence-electron chi connectivity index (χ1n) is 25.5. The van der Waals surface area contributed by atoms with Gasteiger partial charge in [0.1, 0.15) is 11.2 Å². The van der Waals surface area contributed by atoms with Crippen molar-refractivity contribution < 1.29 is 4.42 Å². The fraction of sp³-hybridized carbons (Fsp3) is 0.0141. The summed E-state index contributed by atoms with van der Waals surface area (Å²) in [5.74, 6) is 0. The summed E-state index contributed by atoms with van der Waals surface area (Å²) < 4.78 is 6.32. The SMILES string of the molecule is c1ccc(N(c2ccc(-c3ccc(-c4ccc(N(c5ccccc5)c5ccc6c(c5)oc5ccccc56)cc4)cc3)cc2)c2ccc3c(c2)C2(c4ccccc4-3)c3ccccc3-c3c2ccc2ccccc32)cc1. The molecular formula is C71H46N2O. The molecule has 0 N–H and O–H groups in total. The van der Waals surface area contributed by atoms with Crippen molar-refractivity contribution in [3.63, 3.8) is 0 Å². The fourth-order valence-corrected chi connectivity index (χ4v) is 12.4. The van der Waals surface area contributed by atoms with Crippen LogP contribution in [-0.2, 0) is 5.41 Å². The van der Waals surface area contributed by atoms with Crippen molar-refractivity contribution in [1.82, 2.24) is 0 Å². The van der Waals surface area contributed by atoms with Crippen molar-refractivity contribution in [1.29, 1.82) is 0 Å². The predicted octanol–water partition coefficient (Wildman–Crippen LogP) is 19.4. The summed E-state index contributed by atoms with van der Waals surface area (Å²) in [4.78, 5) is 4.70. The van der Waals surface area contributed by atoms with Gasteiger partial charge >= 0.3 is 0 Å². The van der Waals surface area contributed by atoms with Gasteiger partial charge in [-0.25, -0.2) is 0 Å². The molecule has 3 nitrogen and oxygen atoms in total. The van der Waals surface area contributed by atoms with Gasteiger partial charge in [-0.15, -0.1) is 0 Å². The van der Waals surface area contributed by atoms with E-state index in [9.17, 15) is 0 Å². The molecule has 74 heavy (non-hydrogen) atoms. The smallest absolute Gasteiger partial charge is 0.137 e. The largest absolute Gasteiger partial charge is 0.456 e. The number of hydrogen-bond acceptors (Lipinski definition) is 3. The van der Waals surface area contributed by atoms with Crippen molar-refractivity contribution >= 4 is 66.8 Å². The molecule has 346 valence electrons. The normalized spacial score (nSPS) is 14.0. The molecule has 1 unspecified atom stereocenters. The van der Waals surface area contributed by atoms with E-state index < -0.39 is 5.41 Å². The molecule has 1 spiro atoms. The molecule has 0 radical (unpaired) electrons. The molecule has 15 rings (SSSR count). The summed E-state index contributed by atoms with van der Waals surface area (Å²) in [5, 5.41) is 4.81. The van der Waals surface area contributed by atoms with Crippen molar-refractivity contribution in [3.05, 3.63) is 301 Å². The second-order valence-corrected chi connectivity index (χ2v) is 19.6. The number of hydrogen-bond donors (Lipinski definition) is 0. The second-order valence-electron chi connectivity index (χ2n) is 19.6. The monoisotopic (exact) mass is 942 g/mol.